The van der Waals surface area contributed by atoms with E-state index in [0.717, 1.165) is 12.8 Å². The van der Waals surface area contributed by atoms with Gasteiger partial charge >= 0.3 is 0 Å². The quantitative estimate of drug-likeness (QED) is 0.767. The van der Waals surface area contributed by atoms with Crippen LogP contribution in [-0.2, 0) is 5.60 Å². The van der Waals surface area contributed by atoms with Crippen LogP contribution in [0.15, 0.2) is 24.3 Å². The Balaban J connectivity index is 2.28. The molecule has 1 aromatic carbocycles. The van der Waals surface area contributed by atoms with Crippen LogP contribution in [0.5, 0.6) is 0 Å². The van der Waals surface area contributed by atoms with Crippen LogP contribution < -0.4 is 0 Å². The fourth-order valence-electron chi connectivity index (χ4n) is 2.01. The van der Waals surface area contributed by atoms with Gasteiger partial charge in [-0.25, -0.2) is 4.39 Å². The molecule has 1 saturated carbocycles. The average molecular weight is 194 g/mol. The van der Waals surface area contributed by atoms with Crippen molar-refractivity contribution in [2.24, 2.45) is 5.92 Å². The summed E-state index contributed by atoms with van der Waals surface area (Å²) < 4.78 is 13.0. The smallest absolute Gasteiger partial charge is 0.123 e. The van der Waals surface area contributed by atoms with E-state index < -0.39 is 5.60 Å². The van der Waals surface area contributed by atoms with Crippen molar-refractivity contribution in [3.8, 4) is 0 Å². The Bertz CT molecular complexity index is 329. The van der Waals surface area contributed by atoms with Crippen molar-refractivity contribution in [2.45, 2.75) is 31.8 Å². The van der Waals surface area contributed by atoms with E-state index in [9.17, 15) is 9.50 Å². The summed E-state index contributed by atoms with van der Waals surface area (Å²) in [5.74, 6) is 0.0198. The van der Waals surface area contributed by atoms with Crippen molar-refractivity contribution in [3.63, 3.8) is 0 Å². The maximum Gasteiger partial charge on any atom is 0.123 e. The molecule has 0 saturated heterocycles. The van der Waals surface area contributed by atoms with Crippen molar-refractivity contribution in [3.05, 3.63) is 35.6 Å². The molecule has 0 aliphatic heterocycles. The Labute approximate surface area is 83.6 Å². The second-order valence-electron chi connectivity index (χ2n) is 4.29. The number of aliphatic hydroxyl groups is 1. The summed E-state index contributed by atoms with van der Waals surface area (Å²) >= 11 is 0. The highest BCUT2D eigenvalue weighted by Gasteiger charge is 2.37. The molecule has 0 amide bonds. The van der Waals surface area contributed by atoms with Gasteiger partial charge in [-0.05, 0) is 43.4 Å². The number of hydrogen-bond donors (Lipinski definition) is 1. The lowest BCUT2D eigenvalue weighted by Gasteiger charge is -2.39. The van der Waals surface area contributed by atoms with Crippen molar-refractivity contribution < 1.29 is 9.50 Å². The van der Waals surface area contributed by atoms with Gasteiger partial charge in [0.05, 0.1) is 5.60 Å². The zero-order valence-corrected chi connectivity index (χ0v) is 8.33. The summed E-state index contributed by atoms with van der Waals surface area (Å²) in [5, 5.41) is 10.3. The first kappa shape index (κ1) is 9.66. The number of rotatable bonds is 2. The minimum Gasteiger partial charge on any atom is -0.385 e. The summed E-state index contributed by atoms with van der Waals surface area (Å²) in [6, 6.07) is 6.28. The van der Waals surface area contributed by atoms with Gasteiger partial charge in [0.2, 0.25) is 0 Å². The Morgan fingerprint density at radius 3 is 2.64 bits per heavy atom. The van der Waals surface area contributed by atoms with E-state index >= 15 is 0 Å². The van der Waals surface area contributed by atoms with Crippen LogP contribution in [0, 0.1) is 11.7 Å². The molecule has 2 rings (SSSR count). The highest BCUT2D eigenvalue weighted by atomic mass is 19.1. The van der Waals surface area contributed by atoms with Crippen molar-refractivity contribution in [1.82, 2.24) is 0 Å². The highest BCUT2D eigenvalue weighted by Crippen LogP contribution is 2.42. The van der Waals surface area contributed by atoms with Gasteiger partial charge in [-0.15, -0.1) is 0 Å². The van der Waals surface area contributed by atoms with Crippen molar-refractivity contribution >= 4 is 0 Å². The maximum atomic E-state index is 13.0. The Hall–Kier alpha value is -0.890. The fourth-order valence-corrected chi connectivity index (χ4v) is 2.01. The molecule has 0 heterocycles. The lowest BCUT2D eigenvalue weighted by atomic mass is 9.71. The van der Waals surface area contributed by atoms with Crippen LogP contribution in [0.4, 0.5) is 4.39 Å². The van der Waals surface area contributed by atoms with Gasteiger partial charge in [0, 0.05) is 0 Å². The van der Waals surface area contributed by atoms with Gasteiger partial charge in [-0.1, -0.05) is 18.6 Å². The molecule has 1 aliphatic carbocycles. The van der Waals surface area contributed by atoms with E-state index in [1.807, 2.05) is 0 Å². The monoisotopic (exact) mass is 194 g/mol. The van der Waals surface area contributed by atoms with E-state index in [0.29, 0.717) is 11.5 Å². The second kappa shape index (κ2) is 3.35. The van der Waals surface area contributed by atoms with Crippen LogP contribution in [0.2, 0.25) is 0 Å². The topological polar surface area (TPSA) is 20.2 Å². The van der Waals surface area contributed by atoms with E-state index in [-0.39, 0.29) is 5.82 Å². The molecule has 14 heavy (non-hydrogen) atoms. The molecule has 1 aromatic rings. The van der Waals surface area contributed by atoms with E-state index in [1.165, 1.54) is 18.6 Å². The van der Waals surface area contributed by atoms with Gasteiger partial charge in [0.25, 0.3) is 0 Å². The SMILES string of the molecule is CC(O)(c1cccc(F)c1)C1CCC1. The predicted octanol–water partition coefficient (Wildman–Crippen LogP) is 2.83. The van der Waals surface area contributed by atoms with Gasteiger partial charge in [0.15, 0.2) is 0 Å². The highest BCUT2D eigenvalue weighted by molar-refractivity contribution is 5.24. The summed E-state index contributed by atoms with van der Waals surface area (Å²) in [4.78, 5) is 0. The van der Waals surface area contributed by atoms with E-state index in [1.54, 1.807) is 19.1 Å². The second-order valence-corrected chi connectivity index (χ2v) is 4.29. The van der Waals surface area contributed by atoms with Gasteiger partial charge in [-0.2, -0.15) is 0 Å². The molecule has 1 fully saturated rings. The fraction of sp³-hybridized carbons (Fsp3) is 0.500. The number of hydrogen-bond acceptors (Lipinski definition) is 1. The predicted molar refractivity (Wildman–Crippen MR) is 53.3 cm³/mol. The zero-order valence-electron chi connectivity index (χ0n) is 8.33. The molecular weight excluding hydrogens is 179 g/mol. The Morgan fingerprint density at radius 1 is 1.43 bits per heavy atom. The lowest BCUT2D eigenvalue weighted by Crippen LogP contribution is -2.36. The minimum atomic E-state index is -0.861. The maximum absolute atomic E-state index is 13.0. The first-order valence-electron chi connectivity index (χ1n) is 5.09. The standard InChI is InChI=1S/C12H15FO/c1-12(14,9-4-2-5-9)10-6-3-7-11(13)8-10/h3,6-9,14H,2,4-5H2,1H3. The van der Waals surface area contributed by atoms with Crippen molar-refractivity contribution in [2.75, 3.05) is 0 Å². The molecular formula is C12H15FO. The van der Waals surface area contributed by atoms with Gasteiger partial charge < -0.3 is 5.11 Å². The first-order valence-corrected chi connectivity index (χ1v) is 5.09. The van der Waals surface area contributed by atoms with Crippen LogP contribution in [0.3, 0.4) is 0 Å². The van der Waals surface area contributed by atoms with Gasteiger partial charge in [-0.3, -0.25) is 0 Å². The third kappa shape index (κ3) is 1.55. The molecule has 76 valence electrons. The summed E-state index contributed by atoms with van der Waals surface area (Å²) in [7, 11) is 0. The molecule has 1 unspecified atom stereocenters. The van der Waals surface area contributed by atoms with Crippen LogP contribution in [0.1, 0.15) is 31.7 Å². The van der Waals surface area contributed by atoms with E-state index in [2.05, 4.69) is 0 Å². The zero-order chi connectivity index (χ0) is 10.2. The molecule has 2 heteroatoms. The number of halogens is 1. The summed E-state index contributed by atoms with van der Waals surface area (Å²) in [6.07, 6.45) is 3.27. The number of benzene rings is 1. The van der Waals surface area contributed by atoms with Crippen LogP contribution >= 0.6 is 0 Å². The third-order valence-electron chi connectivity index (χ3n) is 3.31. The average Bonchev–Trinajstić information content (AvgIpc) is 2.00. The normalized spacial score (nSPS) is 21.4. The van der Waals surface area contributed by atoms with Crippen LogP contribution in [0.25, 0.3) is 0 Å². The first-order chi connectivity index (χ1) is 6.60. The van der Waals surface area contributed by atoms with Gasteiger partial charge in [0.1, 0.15) is 5.82 Å². The molecule has 1 nitrogen and oxygen atoms in total. The van der Waals surface area contributed by atoms with Crippen molar-refractivity contribution in [1.29, 1.82) is 0 Å². The molecule has 1 N–H and O–H groups in total. The van der Waals surface area contributed by atoms with E-state index in [4.69, 9.17) is 0 Å². The molecule has 0 spiro atoms. The Morgan fingerprint density at radius 2 is 2.14 bits per heavy atom. The molecule has 0 aromatic heterocycles. The largest absolute Gasteiger partial charge is 0.385 e. The minimum absolute atomic E-state index is 0.276. The third-order valence-corrected chi connectivity index (χ3v) is 3.31. The lowest BCUT2D eigenvalue weighted by molar-refractivity contribution is -0.0401. The summed E-state index contributed by atoms with van der Waals surface area (Å²) in [5.41, 5.74) is -0.164. The molecule has 1 aliphatic rings. The molecule has 1 atom stereocenters. The summed E-state index contributed by atoms with van der Waals surface area (Å²) in [6.45, 7) is 1.78. The molecule has 0 bridgehead atoms. The Kier molecular flexibility index (Phi) is 2.31. The molecule has 0 radical (unpaired) electrons. The van der Waals surface area contributed by atoms with Crippen LogP contribution in [-0.4, -0.2) is 5.11 Å².